The molecule has 1 aliphatic heterocycles. The van der Waals surface area contributed by atoms with Crippen LogP contribution in [0.25, 0.3) is 81.6 Å². The molecule has 5 heteroatoms. The standard InChI is InChI=1S/C52H33GeN3S/c1-4-16-34(17-5-1)48-47-49(43-24-10-13-25-44(43)53(47,36-18-6-2-7-19-36)37-20-8-3-9-21-37)55-52(54-48)35-28-30-38(31-29-35)56-45-26-14-11-22-39(45)41-32-33-42-40-23-12-15-27-46(40)57-51(42)50(41)56/h1-33H. The van der Waals surface area contributed by atoms with Gasteiger partial charge in [0.25, 0.3) is 0 Å². The van der Waals surface area contributed by atoms with E-state index in [4.69, 9.17) is 9.97 Å². The molecule has 8 aromatic carbocycles. The molecule has 3 aromatic heterocycles. The molecule has 11 aromatic rings. The summed E-state index contributed by atoms with van der Waals surface area (Å²) in [4.78, 5) is 11.2. The normalized spacial score (nSPS) is 13.1. The molecule has 0 aliphatic carbocycles. The Morgan fingerprint density at radius 3 is 1.79 bits per heavy atom. The number of benzene rings is 8. The van der Waals surface area contributed by atoms with Crippen LogP contribution in [0.2, 0.25) is 0 Å². The van der Waals surface area contributed by atoms with E-state index in [1.807, 2.05) is 11.3 Å². The van der Waals surface area contributed by atoms with Crippen LogP contribution in [0, 0.1) is 0 Å². The van der Waals surface area contributed by atoms with E-state index in [-0.39, 0.29) is 0 Å². The fraction of sp³-hybridized carbons (Fsp3) is 0. The monoisotopic (exact) mass is 805 g/mol. The maximum atomic E-state index is 5.60. The second-order valence-electron chi connectivity index (χ2n) is 14.8. The second kappa shape index (κ2) is 12.7. The van der Waals surface area contributed by atoms with Crippen molar-refractivity contribution in [1.29, 1.82) is 0 Å². The summed E-state index contributed by atoms with van der Waals surface area (Å²) in [5.74, 6) is 0.738. The summed E-state index contributed by atoms with van der Waals surface area (Å²) in [6.07, 6.45) is 0. The number of fused-ring (bicyclic) bond motifs is 10. The van der Waals surface area contributed by atoms with Crippen LogP contribution in [-0.2, 0) is 0 Å². The molecular weight excluding hydrogens is 771 g/mol. The van der Waals surface area contributed by atoms with Crippen LogP contribution in [0.5, 0.6) is 0 Å². The fourth-order valence-electron chi connectivity index (χ4n) is 9.50. The van der Waals surface area contributed by atoms with Crippen molar-refractivity contribution >= 4 is 84.2 Å². The minimum absolute atomic E-state index is 0.738. The van der Waals surface area contributed by atoms with Gasteiger partial charge in [-0.25, -0.2) is 0 Å². The topological polar surface area (TPSA) is 30.7 Å². The molecule has 0 N–H and O–H groups in total. The van der Waals surface area contributed by atoms with Crippen molar-refractivity contribution in [2.24, 2.45) is 0 Å². The average molecular weight is 805 g/mol. The Hall–Kier alpha value is -6.60. The van der Waals surface area contributed by atoms with E-state index in [2.05, 4.69) is 205 Å². The molecule has 266 valence electrons. The van der Waals surface area contributed by atoms with E-state index in [9.17, 15) is 0 Å². The van der Waals surface area contributed by atoms with Gasteiger partial charge in [-0.3, -0.25) is 0 Å². The molecule has 0 saturated heterocycles. The van der Waals surface area contributed by atoms with Crippen molar-refractivity contribution in [1.82, 2.24) is 14.5 Å². The van der Waals surface area contributed by atoms with Crippen LogP contribution in [0.3, 0.4) is 0 Å². The third kappa shape index (κ3) is 4.72. The zero-order valence-corrected chi connectivity index (χ0v) is 33.7. The van der Waals surface area contributed by atoms with Crippen molar-refractivity contribution in [3.63, 3.8) is 0 Å². The first kappa shape index (κ1) is 32.6. The number of aromatic nitrogens is 3. The van der Waals surface area contributed by atoms with Crippen LogP contribution < -0.4 is 17.6 Å². The first-order valence-electron chi connectivity index (χ1n) is 19.4. The molecule has 0 spiro atoms. The van der Waals surface area contributed by atoms with Gasteiger partial charge in [0, 0.05) is 10.1 Å². The minimum atomic E-state index is -3.62. The van der Waals surface area contributed by atoms with Crippen molar-refractivity contribution in [2.75, 3.05) is 0 Å². The summed E-state index contributed by atoms with van der Waals surface area (Å²) in [5, 5.41) is 5.14. The Morgan fingerprint density at radius 2 is 1.04 bits per heavy atom. The molecule has 0 unspecified atom stereocenters. The Kier molecular flexibility index (Phi) is 7.28. The molecule has 0 radical (unpaired) electrons. The molecule has 4 heterocycles. The van der Waals surface area contributed by atoms with E-state index < -0.39 is 13.3 Å². The molecule has 0 fully saturated rings. The molecule has 3 nitrogen and oxygen atoms in total. The summed E-state index contributed by atoms with van der Waals surface area (Å²) < 4.78 is 10.5. The van der Waals surface area contributed by atoms with E-state index >= 15 is 0 Å². The van der Waals surface area contributed by atoms with Gasteiger partial charge in [0.15, 0.2) is 0 Å². The summed E-state index contributed by atoms with van der Waals surface area (Å²) in [5.41, 5.74) is 8.98. The quantitative estimate of drug-likeness (QED) is 0.162. The van der Waals surface area contributed by atoms with Crippen LogP contribution in [0.15, 0.2) is 200 Å². The first-order chi connectivity index (χ1) is 28.3. The van der Waals surface area contributed by atoms with E-state index in [0.717, 1.165) is 34.0 Å². The van der Waals surface area contributed by atoms with Gasteiger partial charge in [-0.15, -0.1) is 0 Å². The Morgan fingerprint density at radius 1 is 0.439 bits per heavy atom. The Balaban J connectivity index is 1.10. The summed E-state index contributed by atoms with van der Waals surface area (Å²) in [6.45, 7) is 0. The maximum absolute atomic E-state index is 5.60. The number of para-hydroxylation sites is 1. The molecule has 0 bridgehead atoms. The average Bonchev–Trinajstić information content (AvgIpc) is 3.94. The van der Waals surface area contributed by atoms with Gasteiger partial charge >= 0.3 is 292 Å². The first-order valence-corrected chi connectivity index (χ1v) is 24.4. The molecule has 0 saturated carbocycles. The van der Waals surface area contributed by atoms with Gasteiger partial charge in [-0.05, 0) is 6.07 Å². The van der Waals surface area contributed by atoms with Gasteiger partial charge in [-0.2, -0.15) is 0 Å². The molecular formula is C52H33GeN3S. The zero-order valence-electron chi connectivity index (χ0n) is 30.8. The zero-order chi connectivity index (χ0) is 37.5. The SMILES string of the molecule is c1ccc(-c2nc(-c3ccc(-n4c5ccccc5c5ccc6c7ccccc7sc6c54)cc3)nc3[c]2[Ge]([c]2ccccc2)([c]2ccccc2)[c]2ccccc2-3)cc1. The van der Waals surface area contributed by atoms with Crippen LogP contribution in [0.4, 0.5) is 0 Å². The summed E-state index contributed by atoms with van der Waals surface area (Å²) in [6, 6.07) is 73.1. The van der Waals surface area contributed by atoms with Crippen molar-refractivity contribution in [3.05, 3.63) is 200 Å². The number of hydrogen-bond donors (Lipinski definition) is 0. The number of nitrogens with zero attached hydrogens (tertiary/aromatic N) is 3. The Bertz CT molecular complexity index is 3300. The predicted molar refractivity (Wildman–Crippen MR) is 243 cm³/mol. The van der Waals surface area contributed by atoms with Crippen LogP contribution in [-0.4, -0.2) is 27.8 Å². The molecule has 0 atom stereocenters. The molecule has 1 aliphatic rings. The van der Waals surface area contributed by atoms with Gasteiger partial charge < -0.3 is 0 Å². The Labute approximate surface area is 336 Å². The van der Waals surface area contributed by atoms with E-state index in [1.54, 1.807) is 0 Å². The van der Waals surface area contributed by atoms with Gasteiger partial charge in [0.1, 0.15) is 0 Å². The van der Waals surface area contributed by atoms with Crippen molar-refractivity contribution in [2.45, 2.75) is 0 Å². The van der Waals surface area contributed by atoms with Gasteiger partial charge in [0.2, 0.25) is 0 Å². The van der Waals surface area contributed by atoms with Crippen LogP contribution >= 0.6 is 11.3 Å². The van der Waals surface area contributed by atoms with Gasteiger partial charge in [-0.1, -0.05) is 30.3 Å². The number of thiophene rings is 1. The third-order valence-corrected chi connectivity index (χ3v) is 23.3. The van der Waals surface area contributed by atoms with Gasteiger partial charge in [0.05, 0.1) is 0 Å². The van der Waals surface area contributed by atoms with E-state index in [0.29, 0.717) is 0 Å². The summed E-state index contributed by atoms with van der Waals surface area (Å²) in [7, 11) is 0. The number of hydrogen-bond acceptors (Lipinski definition) is 3. The fourth-order valence-corrected chi connectivity index (χ4v) is 21.7. The van der Waals surface area contributed by atoms with Crippen LogP contribution in [0.1, 0.15) is 0 Å². The van der Waals surface area contributed by atoms with Crippen molar-refractivity contribution < 1.29 is 0 Å². The molecule has 57 heavy (non-hydrogen) atoms. The number of rotatable bonds is 5. The predicted octanol–water partition coefficient (Wildman–Crippen LogP) is 10.6. The third-order valence-electron chi connectivity index (χ3n) is 11.9. The summed E-state index contributed by atoms with van der Waals surface area (Å²) >= 11 is -1.73. The molecule has 12 rings (SSSR count). The molecule has 0 amide bonds. The second-order valence-corrected chi connectivity index (χ2v) is 23.7. The van der Waals surface area contributed by atoms with Crippen molar-refractivity contribution in [3.8, 4) is 39.6 Å². The van der Waals surface area contributed by atoms with E-state index in [1.165, 1.54) is 65.1 Å².